The van der Waals surface area contributed by atoms with Crippen molar-refractivity contribution in [2.24, 2.45) is 23.7 Å². The molecular formula is C28H25Cl. The van der Waals surface area contributed by atoms with E-state index >= 15 is 0 Å². The molecule has 0 nitrogen and oxygen atoms in total. The monoisotopic (exact) mass is 396 g/mol. The van der Waals surface area contributed by atoms with Crippen LogP contribution in [0.15, 0.2) is 66.7 Å². The van der Waals surface area contributed by atoms with E-state index in [0.29, 0.717) is 0 Å². The molecule has 0 radical (unpaired) electrons. The van der Waals surface area contributed by atoms with Gasteiger partial charge in [0.05, 0.1) is 0 Å². The number of hydrogen-bond acceptors (Lipinski definition) is 0. The molecule has 29 heavy (non-hydrogen) atoms. The summed E-state index contributed by atoms with van der Waals surface area (Å²) < 4.78 is 0. The molecule has 5 aliphatic carbocycles. The van der Waals surface area contributed by atoms with Gasteiger partial charge in [0.15, 0.2) is 0 Å². The highest BCUT2D eigenvalue weighted by molar-refractivity contribution is 6.34. The van der Waals surface area contributed by atoms with Crippen molar-refractivity contribution in [2.75, 3.05) is 0 Å². The SMILES string of the molecule is Clc1cccc2c1-c1ccc(-c3ccccc3)cc1C21C2CC3CC(C2)CC1C3. The molecule has 0 aromatic heterocycles. The Bertz CT molecular complexity index is 1100. The van der Waals surface area contributed by atoms with Gasteiger partial charge in [-0.25, -0.2) is 0 Å². The Morgan fingerprint density at radius 1 is 0.655 bits per heavy atom. The molecule has 1 spiro atoms. The van der Waals surface area contributed by atoms with Gasteiger partial charge >= 0.3 is 0 Å². The molecule has 0 aliphatic heterocycles. The van der Waals surface area contributed by atoms with Crippen LogP contribution in [-0.2, 0) is 5.41 Å². The zero-order chi connectivity index (χ0) is 19.2. The second-order valence-electron chi connectivity index (χ2n) is 9.96. The lowest BCUT2D eigenvalue weighted by Crippen LogP contribution is -2.55. The first-order valence-corrected chi connectivity index (χ1v) is 11.6. The van der Waals surface area contributed by atoms with Gasteiger partial charge in [0.25, 0.3) is 0 Å². The fourth-order valence-corrected chi connectivity index (χ4v) is 8.29. The van der Waals surface area contributed by atoms with Crippen LogP contribution in [0.2, 0.25) is 5.02 Å². The Morgan fingerprint density at radius 2 is 1.38 bits per heavy atom. The van der Waals surface area contributed by atoms with E-state index in [1.807, 2.05) is 0 Å². The zero-order valence-electron chi connectivity index (χ0n) is 16.6. The summed E-state index contributed by atoms with van der Waals surface area (Å²) in [7, 11) is 0. The van der Waals surface area contributed by atoms with Crippen LogP contribution in [0.1, 0.15) is 43.2 Å². The van der Waals surface area contributed by atoms with Crippen LogP contribution < -0.4 is 0 Å². The van der Waals surface area contributed by atoms with Gasteiger partial charge in [0, 0.05) is 16.0 Å². The van der Waals surface area contributed by atoms with Gasteiger partial charge in [-0.3, -0.25) is 0 Å². The van der Waals surface area contributed by atoms with Crippen LogP contribution in [0, 0.1) is 23.7 Å². The third-order valence-electron chi connectivity index (χ3n) is 8.73. The van der Waals surface area contributed by atoms with Crippen molar-refractivity contribution >= 4 is 11.6 Å². The van der Waals surface area contributed by atoms with Crippen LogP contribution in [0.5, 0.6) is 0 Å². The Balaban J connectivity index is 1.52. The number of benzene rings is 3. The molecule has 8 rings (SSSR count). The second-order valence-corrected chi connectivity index (χ2v) is 10.4. The summed E-state index contributed by atoms with van der Waals surface area (Å²) in [6.07, 6.45) is 7.13. The minimum atomic E-state index is 0.188. The number of fused-ring (bicyclic) bond motifs is 3. The fourth-order valence-electron chi connectivity index (χ4n) is 8.01. The van der Waals surface area contributed by atoms with Crippen LogP contribution in [0.25, 0.3) is 22.3 Å². The quantitative estimate of drug-likeness (QED) is 0.394. The third-order valence-corrected chi connectivity index (χ3v) is 9.04. The molecule has 0 amide bonds. The maximum atomic E-state index is 6.85. The normalized spacial score (nSPS) is 33.1. The molecule has 0 atom stereocenters. The summed E-state index contributed by atoms with van der Waals surface area (Å²) in [6, 6.07) is 24.8. The van der Waals surface area contributed by atoms with Crippen molar-refractivity contribution in [3.05, 3.63) is 82.9 Å². The maximum absolute atomic E-state index is 6.85. The molecule has 144 valence electrons. The first-order valence-electron chi connectivity index (χ1n) is 11.2. The number of halogens is 1. The molecule has 0 N–H and O–H groups in total. The van der Waals surface area contributed by atoms with Gasteiger partial charge in [0.2, 0.25) is 0 Å². The molecule has 4 fully saturated rings. The van der Waals surface area contributed by atoms with Gasteiger partial charge in [-0.2, -0.15) is 0 Å². The first-order chi connectivity index (χ1) is 14.2. The maximum Gasteiger partial charge on any atom is 0.0487 e. The third kappa shape index (κ3) is 2.06. The van der Waals surface area contributed by atoms with Crippen molar-refractivity contribution in [2.45, 2.75) is 37.5 Å². The van der Waals surface area contributed by atoms with E-state index in [1.54, 1.807) is 11.1 Å². The predicted octanol–water partition coefficient (Wildman–Crippen LogP) is 7.73. The number of rotatable bonds is 1. The van der Waals surface area contributed by atoms with E-state index in [4.69, 9.17) is 11.6 Å². The smallest absolute Gasteiger partial charge is 0.0487 e. The van der Waals surface area contributed by atoms with E-state index in [-0.39, 0.29) is 5.41 Å². The van der Waals surface area contributed by atoms with Gasteiger partial charge in [-0.1, -0.05) is 66.2 Å². The van der Waals surface area contributed by atoms with Gasteiger partial charge in [-0.15, -0.1) is 0 Å². The van der Waals surface area contributed by atoms with Crippen molar-refractivity contribution < 1.29 is 0 Å². The molecule has 0 unspecified atom stereocenters. The molecule has 3 aromatic rings. The van der Waals surface area contributed by atoms with E-state index in [9.17, 15) is 0 Å². The van der Waals surface area contributed by atoms with Crippen LogP contribution in [0.4, 0.5) is 0 Å². The summed E-state index contributed by atoms with van der Waals surface area (Å²) in [6.45, 7) is 0. The molecule has 0 heterocycles. The zero-order valence-corrected chi connectivity index (χ0v) is 17.3. The summed E-state index contributed by atoms with van der Waals surface area (Å²) in [5, 5.41) is 0.932. The Hall–Kier alpha value is -2.05. The summed E-state index contributed by atoms with van der Waals surface area (Å²) in [5.41, 5.74) is 8.70. The topological polar surface area (TPSA) is 0 Å². The lowest BCUT2D eigenvalue weighted by Gasteiger charge is -2.61. The van der Waals surface area contributed by atoms with Crippen molar-refractivity contribution in [3.8, 4) is 22.3 Å². The fraction of sp³-hybridized carbons (Fsp3) is 0.357. The van der Waals surface area contributed by atoms with Gasteiger partial charge < -0.3 is 0 Å². The summed E-state index contributed by atoms with van der Waals surface area (Å²) in [4.78, 5) is 0. The molecule has 3 aromatic carbocycles. The molecule has 4 saturated carbocycles. The summed E-state index contributed by atoms with van der Waals surface area (Å²) in [5.74, 6) is 3.49. The standard InChI is InChI=1S/C28H25Cl/c29-26-8-4-7-24-27(26)23-10-9-20(19-5-2-1-3-6-19)16-25(23)28(24)21-12-17-11-18(14-21)15-22(28)13-17/h1-10,16-18,21-22H,11-15H2. The van der Waals surface area contributed by atoms with Crippen LogP contribution in [-0.4, -0.2) is 0 Å². The second kappa shape index (κ2) is 5.76. The average molecular weight is 397 g/mol. The molecule has 5 aliphatic rings. The molecule has 0 saturated heterocycles. The Morgan fingerprint density at radius 3 is 2.10 bits per heavy atom. The highest BCUT2D eigenvalue weighted by atomic mass is 35.5. The minimum Gasteiger partial charge on any atom is -0.0837 e. The summed E-state index contributed by atoms with van der Waals surface area (Å²) >= 11 is 6.85. The van der Waals surface area contributed by atoms with Gasteiger partial charge in [0.1, 0.15) is 0 Å². The lowest BCUT2D eigenvalue weighted by atomic mass is 9.43. The first kappa shape index (κ1) is 16.7. The molecular weight excluding hydrogens is 372 g/mol. The number of hydrogen-bond donors (Lipinski definition) is 0. The molecule has 1 heteroatoms. The lowest BCUT2D eigenvalue weighted by molar-refractivity contribution is -0.0399. The van der Waals surface area contributed by atoms with Crippen LogP contribution in [0.3, 0.4) is 0 Å². The van der Waals surface area contributed by atoms with E-state index < -0.39 is 0 Å². The van der Waals surface area contributed by atoms with Crippen molar-refractivity contribution in [1.29, 1.82) is 0 Å². The highest BCUT2D eigenvalue weighted by Crippen LogP contribution is 2.70. The van der Waals surface area contributed by atoms with Crippen molar-refractivity contribution in [3.63, 3.8) is 0 Å². The van der Waals surface area contributed by atoms with Crippen molar-refractivity contribution in [1.82, 2.24) is 0 Å². The van der Waals surface area contributed by atoms with E-state index in [2.05, 4.69) is 66.7 Å². The minimum absolute atomic E-state index is 0.188. The Labute approximate surface area is 177 Å². The van der Waals surface area contributed by atoms with E-state index in [0.717, 1.165) is 28.7 Å². The Kier molecular flexibility index (Phi) is 3.32. The average Bonchev–Trinajstić information content (AvgIpc) is 3.04. The van der Waals surface area contributed by atoms with E-state index in [1.165, 1.54) is 54.4 Å². The predicted molar refractivity (Wildman–Crippen MR) is 120 cm³/mol. The molecule has 4 bridgehead atoms. The largest absolute Gasteiger partial charge is 0.0837 e. The van der Waals surface area contributed by atoms with Crippen LogP contribution >= 0.6 is 11.6 Å². The van der Waals surface area contributed by atoms with Gasteiger partial charge in [-0.05, 0) is 95.7 Å². The highest BCUT2D eigenvalue weighted by Gasteiger charge is 2.61.